The van der Waals surface area contributed by atoms with Gasteiger partial charge in [0.2, 0.25) is 0 Å². The van der Waals surface area contributed by atoms with E-state index in [0.717, 1.165) is 12.8 Å². The lowest BCUT2D eigenvalue weighted by atomic mass is 10.0. The summed E-state index contributed by atoms with van der Waals surface area (Å²) in [5, 5.41) is 17.9. The molecule has 0 saturated heterocycles. The Morgan fingerprint density at radius 2 is 1.14 bits per heavy atom. The van der Waals surface area contributed by atoms with Crippen molar-refractivity contribution in [3.63, 3.8) is 0 Å². The topological polar surface area (TPSA) is 57.5 Å². The molecule has 0 unspecified atom stereocenters. The van der Waals surface area contributed by atoms with E-state index in [9.17, 15) is 9.90 Å². The maximum Gasteiger partial charge on any atom is 0.305 e. The van der Waals surface area contributed by atoms with Crippen molar-refractivity contribution in [1.82, 2.24) is 0 Å². The average molecular weight is 300 g/mol. The van der Waals surface area contributed by atoms with Gasteiger partial charge in [0.25, 0.3) is 0 Å². The fraction of sp³-hybridized carbons (Fsp3) is 0.944. The van der Waals surface area contributed by atoms with Crippen molar-refractivity contribution in [3.05, 3.63) is 0 Å². The molecule has 1 atom stereocenters. The summed E-state index contributed by atoms with van der Waals surface area (Å²) in [5.41, 5.74) is 0. The molecule has 126 valence electrons. The SMILES string of the molecule is CCCCCCCCCCCCCCC[C@H](O)CC(=O)O. The molecule has 0 aromatic rings. The summed E-state index contributed by atoms with van der Waals surface area (Å²) in [6.45, 7) is 2.26. The van der Waals surface area contributed by atoms with Crippen LogP contribution in [0, 0.1) is 0 Å². The van der Waals surface area contributed by atoms with E-state index >= 15 is 0 Å². The number of hydrogen-bond acceptors (Lipinski definition) is 2. The lowest BCUT2D eigenvalue weighted by Crippen LogP contribution is -2.12. The van der Waals surface area contributed by atoms with Crippen molar-refractivity contribution in [2.24, 2.45) is 0 Å². The molecule has 0 saturated carbocycles. The third-order valence-electron chi connectivity index (χ3n) is 4.05. The number of carboxylic acid groups (broad SMARTS) is 1. The van der Waals surface area contributed by atoms with Gasteiger partial charge >= 0.3 is 5.97 Å². The second-order valence-electron chi connectivity index (χ2n) is 6.28. The molecule has 0 fully saturated rings. The second-order valence-corrected chi connectivity index (χ2v) is 6.28. The van der Waals surface area contributed by atoms with Gasteiger partial charge in [0.15, 0.2) is 0 Å². The number of carbonyl (C=O) groups is 1. The van der Waals surface area contributed by atoms with Crippen LogP contribution in [0.15, 0.2) is 0 Å². The minimum atomic E-state index is -0.905. The van der Waals surface area contributed by atoms with Crippen LogP contribution in [-0.2, 0) is 4.79 Å². The highest BCUT2D eigenvalue weighted by Gasteiger charge is 2.08. The summed E-state index contributed by atoms with van der Waals surface area (Å²) in [7, 11) is 0. The Balaban J connectivity index is 3.07. The summed E-state index contributed by atoms with van der Waals surface area (Å²) in [5.74, 6) is -0.905. The van der Waals surface area contributed by atoms with E-state index in [-0.39, 0.29) is 6.42 Å². The van der Waals surface area contributed by atoms with E-state index in [1.54, 1.807) is 0 Å². The molecule has 3 nitrogen and oxygen atoms in total. The van der Waals surface area contributed by atoms with Crippen LogP contribution >= 0.6 is 0 Å². The summed E-state index contributed by atoms with van der Waals surface area (Å²) in [6.07, 6.45) is 16.8. The fourth-order valence-electron chi connectivity index (χ4n) is 2.70. The number of carboxylic acids is 1. The van der Waals surface area contributed by atoms with E-state index in [1.807, 2.05) is 0 Å². The van der Waals surface area contributed by atoms with E-state index in [1.165, 1.54) is 70.6 Å². The van der Waals surface area contributed by atoms with Crippen LogP contribution in [-0.4, -0.2) is 22.3 Å². The first-order chi connectivity index (χ1) is 10.2. The van der Waals surface area contributed by atoms with E-state index in [4.69, 9.17) is 5.11 Å². The molecule has 2 N–H and O–H groups in total. The van der Waals surface area contributed by atoms with Gasteiger partial charge < -0.3 is 10.2 Å². The third-order valence-corrected chi connectivity index (χ3v) is 4.05. The van der Waals surface area contributed by atoms with Gasteiger partial charge in [-0.15, -0.1) is 0 Å². The van der Waals surface area contributed by atoms with E-state index in [2.05, 4.69) is 6.92 Å². The maximum absolute atomic E-state index is 10.4. The Kier molecular flexibility index (Phi) is 15.4. The van der Waals surface area contributed by atoms with Gasteiger partial charge in [0, 0.05) is 0 Å². The van der Waals surface area contributed by atoms with Crippen LogP contribution in [0.5, 0.6) is 0 Å². The smallest absolute Gasteiger partial charge is 0.305 e. The highest BCUT2D eigenvalue weighted by molar-refractivity contribution is 5.67. The van der Waals surface area contributed by atoms with Crippen LogP contribution in [0.4, 0.5) is 0 Å². The number of unbranched alkanes of at least 4 members (excludes halogenated alkanes) is 12. The summed E-state index contributed by atoms with van der Waals surface area (Å²) >= 11 is 0. The Labute approximate surface area is 131 Å². The largest absolute Gasteiger partial charge is 0.481 e. The molecule has 0 aliphatic carbocycles. The summed E-state index contributed by atoms with van der Waals surface area (Å²) in [6, 6.07) is 0. The standard InChI is InChI=1S/C18H36O3/c1-2-3-4-5-6-7-8-9-10-11-12-13-14-15-17(19)16-18(20)21/h17,19H,2-16H2,1H3,(H,20,21)/t17-/m0/s1. The Morgan fingerprint density at radius 3 is 1.52 bits per heavy atom. The highest BCUT2D eigenvalue weighted by Crippen LogP contribution is 2.13. The molecule has 0 bridgehead atoms. The van der Waals surface area contributed by atoms with Gasteiger partial charge in [-0.05, 0) is 6.42 Å². The first-order valence-corrected chi connectivity index (χ1v) is 9.06. The lowest BCUT2D eigenvalue weighted by molar-refractivity contribution is -0.139. The minimum Gasteiger partial charge on any atom is -0.481 e. The van der Waals surface area contributed by atoms with Gasteiger partial charge in [-0.1, -0.05) is 90.4 Å². The average Bonchev–Trinajstić information content (AvgIpc) is 2.43. The predicted molar refractivity (Wildman–Crippen MR) is 88.6 cm³/mol. The fourth-order valence-corrected chi connectivity index (χ4v) is 2.70. The molecule has 21 heavy (non-hydrogen) atoms. The van der Waals surface area contributed by atoms with E-state index < -0.39 is 12.1 Å². The number of rotatable bonds is 16. The molecule has 0 spiro atoms. The Morgan fingerprint density at radius 1 is 0.762 bits per heavy atom. The molecule has 0 aromatic heterocycles. The van der Waals surface area contributed by atoms with Crippen molar-refractivity contribution >= 4 is 5.97 Å². The zero-order valence-electron chi connectivity index (χ0n) is 14.0. The van der Waals surface area contributed by atoms with Crippen molar-refractivity contribution in [2.75, 3.05) is 0 Å². The van der Waals surface area contributed by atoms with Gasteiger partial charge in [0.1, 0.15) is 0 Å². The van der Waals surface area contributed by atoms with Crippen LogP contribution in [0.2, 0.25) is 0 Å². The molecule has 3 heteroatoms. The molecule has 0 amide bonds. The van der Waals surface area contributed by atoms with Gasteiger partial charge in [-0.25, -0.2) is 0 Å². The van der Waals surface area contributed by atoms with Crippen molar-refractivity contribution in [1.29, 1.82) is 0 Å². The van der Waals surface area contributed by atoms with Gasteiger partial charge in [-0.3, -0.25) is 4.79 Å². The van der Waals surface area contributed by atoms with Crippen molar-refractivity contribution < 1.29 is 15.0 Å². The molecule has 0 radical (unpaired) electrons. The minimum absolute atomic E-state index is 0.113. The van der Waals surface area contributed by atoms with E-state index in [0.29, 0.717) is 6.42 Å². The molecule has 0 aliphatic rings. The zero-order chi connectivity index (χ0) is 15.8. The molecule has 0 aliphatic heterocycles. The number of aliphatic hydroxyl groups excluding tert-OH is 1. The molecular weight excluding hydrogens is 264 g/mol. The Hall–Kier alpha value is -0.570. The molecule has 0 heterocycles. The number of aliphatic hydroxyl groups is 1. The third kappa shape index (κ3) is 17.4. The molecular formula is C18H36O3. The first-order valence-electron chi connectivity index (χ1n) is 9.06. The van der Waals surface area contributed by atoms with Crippen LogP contribution in [0.1, 0.15) is 103 Å². The van der Waals surface area contributed by atoms with Crippen molar-refractivity contribution in [2.45, 2.75) is 109 Å². The molecule has 0 aromatic carbocycles. The number of aliphatic carboxylic acids is 1. The lowest BCUT2D eigenvalue weighted by Gasteiger charge is -2.07. The monoisotopic (exact) mass is 300 g/mol. The summed E-state index contributed by atoms with van der Waals surface area (Å²) in [4.78, 5) is 10.4. The van der Waals surface area contributed by atoms with Crippen LogP contribution in [0.25, 0.3) is 0 Å². The first kappa shape index (κ1) is 20.4. The summed E-state index contributed by atoms with van der Waals surface area (Å²) < 4.78 is 0. The van der Waals surface area contributed by atoms with Gasteiger partial charge in [0.05, 0.1) is 12.5 Å². The van der Waals surface area contributed by atoms with Crippen LogP contribution < -0.4 is 0 Å². The number of hydrogen-bond donors (Lipinski definition) is 2. The zero-order valence-corrected chi connectivity index (χ0v) is 14.0. The highest BCUT2D eigenvalue weighted by atomic mass is 16.4. The Bertz CT molecular complexity index is 229. The van der Waals surface area contributed by atoms with Crippen molar-refractivity contribution in [3.8, 4) is 0 Å². The molecule has 0 rings (SSSR count). The quantitative estimate of drug-likeness (QED) is 0.380. The van der Waals surface area contributed by atoms with Crippen LogP contribution in [0.3, 0.4) is 0 Å². The normalized spacial score (nSPS) is 12.5. The maximum atomic E-state index is 10.4. The van der Waals surface area contributed by atoms with Gasteiger partial charge in [-0.2, -0.15) is 0 Å². The second kappa shape index (κ2) is 15.8. The predicted octanol–water partition coefficient (Wildman–Crippen LogP) is 5.30.